The number of hydrogen-bond acceptors (Lipinski definition) is 4. The molecule has 0 radical (unpaired) electrons. The molecule has 0 saturated heterocycles. The highest BCUT2D eigenvalue weighted by atomic mass is 16.7. The summed E-state index contributed by atoms with van der Waals surface area (Å²) in [5.74, 6) is -0.302. The fraction of sp³-hybridized carbons (Fsp3) is 0.385. The second-order valence-corrected chi connectivity index (χ2v) is 3.84. The Balaban J connectivity index is 1.91. The van der Waals surface area contributed by atoms with Crippen molar-refractivity contribution in [2.45, 2.75) is 19.8 Å². The number of carbonyl (C=O) groups is 1. The van der Waals surface area contributed by atoms with Crippen molar-refractivity contribution in [3.05, 3.63) is 30.5 Å². The number of carbonyl (C=O) groups excluding carboxylic acids is 1. The fourth-order valence-corrected chi connectivity index (χ4v) is 1.63. The second kappa shape index (κ2) is 6.16. The van der Waals surface area contributed by atoms with Gasteiger partial charge in [0.15, 0.2) is 0 Å². The molecule has 0 bridgehead atoms. The number of ether oxygens (including phenoxy) is 1. The summed E-state index contributed by atoms with van der Waals surface area (Å²) in [7, 11) is 0. The highest BCUT2D eigenvalue weighted by Crippen LogP contribution is 2.11. The number of rotatable bonds is 6. The normalized spacial score (nSPS) is 10.7. The Hall–Kier alpha value is -1.88. The summed E-state index contributed by atoms with van der Waals surface area (Å²) < 4.78 is 5.16. The van der Waals surface area contributed by atoms with Crippen molar-refractivity contribution in [1.29, 1.82) is 0 Å². The number of benzene rings is 1. The first-order chi connectivity index (χ1) is 8.81. The highest BCUT2D eigenvalue weighted by molar-refractivity contribution is 5.79. The Bertz CT molecular complexity index is 522. The summed E-state index contributed by atoms with van der Waals surface area (Å²) in [5, 5.41) is 4.97. The Morgan fingerprint density at radius 3 is 3.06 bits per heavy atom. The zero-order chi connectivity index (χ0) is 12.8. The van der Waals surface area contributed by atoms with E-state index in [9.17, 15) is 4.79 Å². The van der Waals surface area contributed by atoms with Gasteiger partial charge in [0.1, 0.15) is 5.52 Å². The lowest BCUT2D eigenvalue weighted by Gasteiger charge is -2.04. The van der Waals surface area contributed by atoms with E-state index in [0.717, 1.165) is 10.9 Å². The molecule has 1 heterocycles. The van der Waals surface area contributed by atoms with Gasteiger partial charge in [-0.25, -0.2) is 4.79 Å². The Labute approximate surface area is 105 Å². The van der Waals surface area contributed by atoms with E-state index >= 15 is 0 Å². The summed E-state index contributed by atoms with van der Waals surface area (Å²) in [6.07, 6.45) is 2.66. The molecule has 96 valence electrons. The molecular formula is C13H16N2O3. The second-order valence-electron chi connectivity index (χ2n) is 3.84. The Kier molecular flexibility index (Phi) is 4.30. The molecule has 1 aromatic heterocycles. The van der Waals surface area contributed by atoms with Gasteiger partial charge in [0.2, 0.25) is 0 Å². The lowest BCUT2D eigenvalue weighted by Crippen LogP contribution is -2.20. The standard InChI is InChI=1S/C13H16N2O3/c1-2-17-9-5-8-13(16)18-15-12-7-4-3-6-11(12)10-14-15/h3-4,6-7,10H,2,5,8-9H2,1H3. The van der Waals surface area contributed by atoms with Gasteiger partial charge in [-0.3, -0.25) is 0 Å². The first-order valence-electron chi connectivity index (χ1n) is 6.03. The van der Waals surface area contributed by atoms with Crippen LogP contribution in [0, 0.1) is 0 Å². The van der Waals surface area contributed by atoms with E-state index in [-0.39, 0.29) is 5.97 Å². The molecule has 2 aromatic rings. The van der Waals surface area contributed by atoms with Crippen LogP contribution in [0.25, 0.3) is 10.9 Å². The quantitative estimate of drug-likeness (QED) is 0.731. The minimum absolute atomic E-state index is 0.302. The van der Waals surface area contributed by atoms with Crippen LogP contribution in [0.4, 0.5) is 0 Å². The maximum Gasteiger partial charge on any atom is 0.335 e. The van der Waals surface area contributed by atoms with E-state index in [2.05, 4.69) is 5.10 Å². The van der Waals surface area contributed by atoms with E-state index in [1.165, 1.54) is 4.85 Å². The largest absolute Gasteiger partial charge is 0.382 e. The molecule has 0 aliphatic carbocycles. The van der Waals surface area contributed by atoms with Crippen molar-refractivity contribution in [3.63, 3.8) is 0 Å². The monoisotopic (exact) mass is 248 g/mol. The lowest BCUT2D eigenvalue weighted by atomic mass is 10.3. The van der Waals surface area contributed by atoms with Crippen LogP contribution in [0.15, 0.2) is 30.5 Å². The van der Waals surface area contributed by atoms with Crippen LogP contribution in [0.3, 0.4) is 0 Å². The van der Waals surface area contributed by atoms with Gasteiger partial charge in [-0.15, -0.1) is 5.10 Å². The molecule has 0 N–H and O–H groups in total. The summed E-state index contributed by atoms with van der Waals surface area (Å²) >= 11 is 0. The third-order valence-electron chi connectivity index (χ3n) is 2.51. The van der Waals surface area contributed by atoms with E-state index in [0.29, 0.717) is 26.1 Å². The molecule has 0 atom stereocenters. The third kappa shape index (κ3) is 3.07. The minimum atomic E-state index is -0.302. The van der Waals surface area contributed by atoms with Gasteiger partial charge in [-0.05, 0) is 19.4 Å². The highest BCUT2D eigenvalue weighted by Gasteiger charge is 2.08. The molecule has 18 heavy (non-hydrogen) atoms. The summed E-state index contributed by atoms with van der Waals surface area (Å²) in [6, 6.07) is 7.57. The van der Waals surface area contributed by atoms with Crippen LogP contribution in [-0.4, -0.2) is 29.1 Å². The molecule has 0 saturated carbocycles. The van der Waals surface area contributed by atoms with Crippen LogP contribution in [0.5, 0.6) is 0 Å². The minimum Gasteiger partial charge on any atom is -0.382 e. The van der Waals surface area contributed by atoms with Crippen molar-refractivity contribution >= 4 is 16.9 Å². The average Bonchev–Trinajstić information content (AvgIpc) is 2.78. The zero-order valence-corrected chi connectivity index (χ0v) is 10.3. The Morgan fingerprint density at radius 2 is 2.22 bits per heavy atom. The Morgan fingerprint density at radius 1 is 1.39 bits per heavy atom. The topological polar surface area (TPSA) is 53.4 Å². The van der Waals surface area contributed by atoms with Crippen LogP contribution in [0.2, 0.25) is 0 Å². The fourth-order valence-electron chi connectivity index (χ4n) is 1.63. The van der Waals surface area contributed by atoms with Gasteiger partial charge in [-0.1, -0.05) is 23.0 Å². The maximum absolute atomic E-state index is 11.6. The molecule has 0 fully saturated rings. The molecule has 0 aliphatic heterocycles. The van der Waals surface area contributed by atoms with Gasteiger partial charge >= 0.3 is 5.97 Å². The molecule has 2 rings (SSSR count). The van der Waals surface area contributed by atoms with Crippen molar-refractivity contribution in [2.75, 3.05) is 13.2 Å². The van der Waals surface area contributed by atoms with Crippen molar-refractivity contribution in [2.24, 2.45) is 0 Å². The summed E-state index contributed by atoms with van der Waals surface area (Å²) in [4.78, 5) is 18.0. The van der Waals surface area contributed by atoms with Crippen LogP contribution < -0.4 is 4.84 Å². The average molecular weight is 248 g/mol. The molecule has 1 aromatic carbocycles. The molecule has 0 amide bonds. The van der Waals surface area contributed by atoms with Gasteiger partial charge in [-0.2, -0.15) is 0 Å². The predicted octanol–water partition coefficient (Wildman–Crippen LogP) is 1.81. The number of nitrogens with zero attached hydrogens (tertiary/aromatic N) is 2. The third-order valence-corrected chi connectivity index (χ3v) is 2.51. The molecule has 0 aliphatic rings. The van der Waals surface area contributed by atoms with Crippen LogP contribution in [0.1, 0.15) is 19.8 Å². The maximum atomic E-state index is 11.6. The van der Waals surface area contributed by atoms with Crippen LogP contribution in [-0.2, 0) is 9.53 Å². The van der Waals surface area contributed by atoms with E-state index < -0.39 is 0 Å². The number of aromatic nitrogens is 2. The molecule has 5 nitrogen and oxygen atoms in total. The smallest absolute Gasteiger partial charge is 0.335 e. The molecule has 0 spiro atoms. The van der Waals surface area contributed by atoms with Crippen LogP contribution >= 0.6 is 0 Å². The van der Waals surface area contributed by atoms with Gasteiger partial charge < -0.3 is 9.57 Å². The van der Waals surface area contributed by atoms with E-state index in [1.54, 1.807) is 6.20 Å². The van der Waals surface area contributed by atoms with Crippen molar-refractivity contribution in [3.8, 4) is 0 Å². The lowest BCUT2D eigenvalue weighted by molar-refractivity contribution is -0.145. The summed E-state index contributed by atoms with van der Waals surface area (Å²) in [6.45, 7) is 3.17. The van der Waals surface area contributed by atoms with Gasteiger partial charge in [0, 0.05) is 18.6 Å². The van der Waals surface area contributed by atoms with Crippen molar-refractivity contribution in [1.82, 2.24) is 9.94 Å². The number of para-hydroxylation sites is 1. The first kappa shape index (κ1) is 12.6. The number of hydrogen-bond donors (Lipinski definition) is 0. The van der Waals surface area contributed by atoms with Gasteiger partial charge in [0.05, 0.1) is 12.6 Å². The molecule has 0 unspecified atom stereocenters. The number of fused-ring (bicyclic) bond motifs is 1. The van der Waals surface area contributed by atoms with E-state index in [4.69, 9.17) is 9.57 Å². The van der Waals surface area contributed by atoms with Crippen molar-refractivity contribution < 1.29 is 14.4 Å². The predicted molar refractivity (Wildman–Crippen MR) is 67.0 cm³/mol. The van der Waals surface area contributed by atoms with E-state index in [1.807, 2.05) is 31.2 Å². The summed E-state index contributed by atoms with van der Waals surface area (Å²) in [5.41, 5.74) is 0.788. The first-order valence-corrected chi connectivity index (χ1v) is 6.03. The molecule has 5 heteroatoms. The zero-order valence-electron chi connectivity index (χ0n) is 10.3. The van der Waals surface area contributed by atoms with Gasteiger partial charge in [0.25, 0.3) is 0 Å². The molecular weight excluding hydrogens is 232 g/mol. The SMILES string of the molecule is CCOCCCC(=O)On1ncc2ccccc21.